The van der Waals surface area contributed by atoms with Crippen molar-refractivity contribution in [2.75, 3.05) is 13.6 Å². The van der Waals surface area contributed by atoms with Crippen LogP contribution in [-0.2, 0) is 5.88 Å². The number of piperidine rings is 1. The number of halogens is 1. The molecule has 0 radical (unpaired) electrons. The van der Waals surface area contributed by atoms with Crippen molar-refractivity contribution in [3.63, 3.8) is 0 Å². The lowest BCUT2D eigenvalue weighted by molar-refractivity contribution is 0.157. The number of imidazole rings is 1. The van der Waals surface area contributed by atoms with Crippen LogP contribution < -0.4 is 0 Å². The average molecular weight is 279 g/mol. The highest BCUT2D eigenvalue weighted by Gasteiger charge is 2.26. The molecule has 0 spiro atoms. The van der Waals surface area contributed by atoms with Crippen LogP contribution in [0.15, 0.2) is 18.5 Å². The molecule has 0 aromatic carbocycles. The van der Waals surface area contributed by atoms with E-state index in [1.165, 1.54) is 0 Å². The van der Waals surface area contributed by atoms with E-state index in [-0.39, 0.29) is 0 Å². The number of pyridine rings is 1. The van der Waals surface area contributed by atoms with Crippen molar-refractivity contribution in [1.82, 2.24) is 19.4 Å². The van der Waals surface area contributed by atoms with Gasteiger partial charge in [0.2, 0.25) is 0 Å². The average Bonchev–Trinajstić information content (AvgIpc) is 2.80. The van der Waals surface area contributed by atoms with E-state index in [4.69, 9.17) is 11.6 Å². The molecule has 0 N–H and O–H groups in total. The Labute approximate surface area is 118 Å². The maximum Gasteiger partial charge on any atom is 0.125 e. The van der Waals surface area contributed by atoms with Gasteiger partial charge >= 0.3 is 0 Å². The zero-order chi connectivity index (χ0) is 13.4. The Morgan fingerprint density at radius 2 is 2.32 bits per heavy atom. The normalized spacial score (nSPS) is 25.0. The molecule has 0 amide bonds. The predicted octanol–water partition coefficient (Wildman–Crippen LogP) is 2.83. The van der Waals surface area contributed by atoms with Gasteiger partial charge in [-0.2, -0.15) is 0 Å². The molecule has 0 bridgehead atoms. The summed E-state index contributed by atoms with van der Waals surface area (Å²) in [5.41, 5.74) is 2.11. The first-order valence-electron chi connectivity index (χ1n) is 6.77. The van der Waals surface area contributed by atoms with E-state index in [2.05, 4.69) is 33.4 Å². The Hall–Kier alpha value is -1.13. The van der Waals surface area contributed by atoms with Crippen molar-refractivity contribution < 1.29 is 0 Å². The molecule has 5 heteroatoms. The number of likely N-dealkylation sites (tertiary alicyclic amines) is 1. The van der Waals surface area contributed by atoms with Gasteiger partial charge in [-0.05, 0) is 32.9 Å². The predicted molar refractivity (Wildman–Crippen MR) is 77.4 cm³/mol. The molecule has 1 saturated heterocycles. The second-order valence-corrected chi connectivity index (χ2v) is 5.67. The minimum atomic E-state index is 0.454. The summed E-state index contributed by atoms with van der Waals surface area (Å²) < 4.78 is 2.33. The van der Waals surface area contributed by atoms with Gasteiger partial charge in [-0.25, -0.2) is 4.98 Å². The third kappa shape index (κ3) is 2.23. The lowest BCUT2D eigenvalue weighted by Crippen LogP contribution is -2.38. The molecule has 2 unspecified atom stereocenters. The molecule has 1 fully saturated rings. The van der Waals surface area contributed by atoms with E-state index >= 15 is 0 Å². The Kier molecular flexibility index (Phi) is 3.46. The summed E-state index contributed by atoms with van der Waals surface area (Å²) in [5.74, 6) is 1.42. The van der Waals surface area contributed by atoms with Crippen molar-refractivity contribution in [3.05, 3.63) is 24.3 Å². The van der Waals surface area contributed by atoms with Crippen molar-refractivity contribution in [3.8, 4) is 0 Å². The highest BCUT2D eigenvalue weighted by molar-refractivity contribution is 6.16. The smallest absolute Gasteiger partial charge is 0.125 e. The monoisotopic (exact) mass is 278 g/mol. The van der Waals surface area contributed by atoms with Crippen LogP contribution in [0, 0.1) is 0 Å². The molecule has 2 aromatic rings. The minimum Gasteiger partial charge on any atom is -0.324 e. The van der Waals surface area contributed by atoms with Gasteiger partial charge in [-0.3, -0.25) is 4.98 Å². The van der Waals surface area contributed by atoms with Crippen LogP contribution in [0.2, 0.25) is 0 Å². The molecule has 0 saturated carbocycles. The summed E-state index contributed by atoms with van der Waals surface area (Å²) in [5, 5.41) is 0. The first kappa shape index (κ1) is 12.9. The van der Waals surface area contributed by atoms with Gasteiger partial charge in [0.15, 0.2) is 0 Å². The van der Waals surface area contributed by atoms with E-state index in [1.807, 2.05) is 18.5 Å². The maximum atomic E-state index is 6.07. The van der Waals surface area contributed by atoms with Crippen LogP contribution in [0.3, 0.4) is 0 Å². The SMILES string of the molecule is CC1CC(n2c(CCl)nc3cnccc32)CCN1C. The van der Waals surface area contributed by atoms with Gasteiger partial charge in [0.25, 0.3) is 0 Å². The van der Waals surface area contributed by atoms with Crippen LogP contribution >= 0.6 is 11.6 Å². The summed E-state index contributed by atoms with van der Waals surface area (Å²) in [7, 11) is 2.19. The standard InChI is InChI=1S/C14H19ClN4/c1-10-7-11(4-6-18(10)2)19-13-3-5-16-9-12(13)17-14(19)8-15/h3,5,9-11H,4,6-8H2,1-2H3. The number of hydrogen-bond acceptors (Lipinski definition) is 3. The Morgan fingerprint density at radius 3 is 3.05 bits per heavy atom. The Balaban J connectivity index is 2.03. The van der Waals surface area contributed by atoms with Crippen LogP contribution in [-0.4, -0.2) is 39.1 Å². The second-order valence-electron chi connectivity index (χ2n) is 5.40. The van der Waals surface area contributed by atoms with Crippen molar-refractivity contribution in [1.29, 1.82) is 0 Å². The molecular weight excluding hydrogens is 260 g/mol. The minimum absolute atomic E-state index is 0.454. The quantitative estimate of drug-likeness (QED) is 0.792. The van der Waals surface area contributed by atoms with Crippen molar-refractivity contribution in [2.24, 2.45) is 0 Å². The number of rotatable bonds is 2. The molecule has 4 nitrogen and oxygen atoms in total. The van der Waals surface area contributed by atoms with Gasteiger partial charge in [-0.15, -0.1) is 11.6 Å². The summed E-state index contributed by atoms with van der Waals surface area (Å²) in [6, 6.07) is 3.13. The Bertz CT molecular complexity index is 580. The highest BCUT2D eigenvalue weighted by atomic mass is 35.5. The van der Waals surface area contributed by atoms with Gasteiger partial charge < -0.3 is 9.47 Å². The van der Waals surface area contributed by atoms with E-state index in [0.29, 0.717) is 18.0 Å². The van der Waals surface area contributed by atoms with E-state index in [9.17, 15) is 0 Å². The van der Waals surface area contributed by atoms with Gasteiger partial charge in [0.05, 0.1) is 17.6 Å². The first-order valence-corrected chi connectivity index (χ1v) is 7.31. The third-order valence-electron chi connectivity index (χ3n) is 4.23. The largest absolute Gasteiger partial charge is 0.324 e. The third-order valence-corrected chi connectivity index (χ3v) is 4.47. The fourth-order valence-electron chi connectivity index (χ4n) is 3.00. The van der Waals surface area contributed by atoms with Crippen LogP contribution in [0.25, 0.3) is 11.0 Å². The molecule has 102 valence electrons. The summed E-state index contributed by atoms with van der Waals surface area (Å²) in [6.45, 7) is 3.41. The number of nitrogens with zero attached hydrogens (tertiary/aromatic N) is 4. The molecule has 19 heavy (non-hydrogen) atoms. The molecule has 2 aromatic heterocycles. The molecule has 1 aliphatic heterocycles. The summed E-state index contributed by atoms with van der Waals surface area (Å²) >= 11 is 6.07. The summed E-state index contributed by atoms with van der Waals surface area (Å²) in [6.07, 6.45) is 5.95. The second kappa shape index (κ2) is 5.10. The fourth-order valence-corrected chi connectivity index (χ4v) is 3.19. The molecule has 0 aliphatic carbocycles. The zero-order valence-electron chi connectivity index (χ0n) is 11.4. The first-order chi connectivity index (χ1) is 9.20. The fraction of sp³-hybridized carbons (Fsp3) is 0.571. The number of alkyl halides is 1. The van der Waals surface area contributed by atoms with Crippen LogP contribution in [0.1, 0.15) is 31.6 Å². The molecule has 3 heterocycles. The van der Waals surface area contributed by atoms with Crippen LogP contribution in [0.4, 0.5) is 0 Å². The topological polar surface area (TPSA) is 34.0 Å². The summed E-state index contributed by atoms with van der Waals surface area (Å²) in [4.78, 5) is 11.2. The van der Waals surface area contributed by atoms with Gasteiger partial charge in [0, 0.05) is 24.8 Å². The van der Waals surface area contributed by atoms with E-state index < -0.39 is 0 Å². The molecule has 1 aliphatic rings. The lowest BCUT2D eigenvalue weighted by atomic mass is 9.98. The lowest BCUT2D eigenvalue weighted by Gasteiger charge is -2.36. The zero-order valence-corrected chi connectivity index (χ0v) is 12.1. The Morgan fingerprint density at radius 1 is 1.47 bits per heavy atom. The molecular formula is C14H19ClN4. The van der Waals surface area contributed by atoms with Crippen molar-refractivity contribution >= 4 is 22.6 Å². The van der Waals surface area contributed by atoms with Crippen LogP contribution in [0.5, 0.6) is 0 Å². The van der Waals surface area contributed by atoms with E-state index in [1.54, 1.807) is 0 Å². The number of hydrogen-bond donors (Lipinski definition) is 0. The number of aromatic nitrogens is 3. The maximum absolute atomic E-state index is 6.07. The molecule has 3 rings (SSSR count). The van der Waals surface area contributed by atoms with Gasteiger partial charge in [-0.1, -0.05) is 0 Å². The van der Waals surface area contributed by atoms with E-state index in [0.717, 1.165) is 36.2 Å². The number of fused-ring (bicyclic) bond motifs is 1. The van der Waals surface area contributed by atoms with Crippen molar-refractivity contribution in [2.45, 2.75) is 37.7 Å². The highest BCUT2D eigenvalue weighted by Crippen LogP contribution is 2.31. The molecule has 2 atom stereocenters. The van der Waals surface area contributed by atoms with Gasteiger partial charge in [0.1, 0.15) is 11.3 Å².